The molecule has 1 unspecified atom stereocenters. The van der Waals surface area contributed by atoms with E-state index in [1.165, 1.54) is 0 Å². The zero-order valence-electron chi connectivity index (χ0n) is 13.2. The number of anilines is 1. The van der Waals surface area contributed by atoms with Crippen LogP contribution >= 0.6 is 0 Å². The summed E-state index contributed by atoms with van der Waals surface area (Å²) in [5.41, 5.74) is 6.42. The van der Waals surface area contributed by atoms with Gasteiger partial charge in [0.15, 0.2) is 0 Å². The highest BCUT2D eigenvalue weighted by Crippen LogP contribution is 2.17. The van der Waals surface area contributed by atoms with Crippen molar-refractivity contribution in [2.24, 2.45) is 5.73 Å². The Morgan fingerprint density at radius 2 is 1.96 bits per heavy atom. The smallest absolute Gasteiger partial charge is 0.312 e. The van der Waals surface area contributed by atoms with Crippen LogP contribution in [0.4, 0.5) is 10.6 Å². The predicted molar refractivity (Wildman–Crippen MR) is 88.0 cm³/mol. The number of benzene rings is 1. The van der Waals surface area contributed by atoms with Gasteiger partial charge in [-0.25, -0.2) is 9.48 Å². The standard InChI is InChI=1S/C16H21N5O2/c1-3-11(2)21-14(8-9-19-21)20-15(22)13-6-4-12(5-7-13)10-18-16(17)23/h4-9,11H,3,10H2,1-2H3,(H,20,22)(H3,17,18,23). The van der Waals surface area contributed by atoms with Gasteiger partial charge in [0.1, 0.15) is 5.82 Å². The lowest BCUT2D eigenvalue weighted by Crippen LogP contribution is -2.28. The van der Waals surface area contributed by atoms with E-state index in [-0.39, 0.29) is 11.9 Å². The molecule has 0 aliphatic heterocycles. The van der Waals surface area contributed by atoms with Gasteiger partial charge in [-0.3, -0.25) is 4.79 Å². The summed E-state index contributed by atoms with van der Waals surface area (Å²) >= 11 is 0. The molecule has 1 aromatic carbocycles. The molecule has 0 aliphatic rings. The van der Waals surface area contributed by atoms with Crippen molar-refractivity contribution in [3.63, 3.8) is 0 Å². The van der Waals surface area contributed by atoms with Crippen molar-refractivity contribution in [1.82, 2.24) is 15.1 Å². The maximum Gasteiger partial charge on any atom is 0.312 e. The second-order valence-corrected chi connectivity index (χ2v) is 5.29. The summed E-state index contributed by atoms with van der Waals surface area (Å²) in [7, 11) is 0. The Bertz CT molecular complexity index is 678. The normalized spacial score (nSPS) is 11.7. The van der Waals surface area contributed by atoms with Gasteiger partial charge in [0.25, 0.3) is 5.91 Å². The van der Waals surface area contributed by atoms with Gasteiger partial charge in [0.2, 0.25) is 0 Å². The molecule has 0 spiro atoms. The average molecular weight is 315 g/mol. The first-order valence-corrected chi connectivity index (χ1v) is 7.48. The van der Waals surface area contributed by atoms with Gasteiger partial charge in [-0.15, -0.1) is 0 Å². The molecule has 0 saturated heterocycles. The second kappa shape index (κ2) is 7.44. The van der Waals surface area contributed by atoms with Crippen LogP contribution in [0.3, 0.4) is 0 Å². The molecule has 0 saturated carbocycles. The first-order chi connectivity index (χ1) is 11.0. The third kappa shape index (κ3) is 4.32. The van der Waals surface area contributed by atoms with E-state index < -0.39 is 6.03 Å². The molecular weight excluding hydrogens is 294 g/mol. The molecule has 2 rings (SSSR count). The Hall–Kier alpha value is -2.83. The highest BCUT2D eigenvalue weighted by Gasteiger charge is 2.12. The molecule has 7 heteroatoms. The van der Waals surface area contributed by atoms with Gasteiger partial charge in [0.05, 0.1) is 12.2 Å². The number of carbonyl (C=O) groups is 2. The molecule has 2 aromatic rings. The fourth-order valence-corrected chi connectivity index (χ4v) is 2.09. The number of urea groups is 1. The number of rotatable bonds is 6. The van der Waals surface area contributed by atoms with Gasteiger partial charge in [-0.05, 0) is 31.0 Å². The van der Waals surface area contributed by atoms with Crippen LogP contribution in [-0.2, 0) is 6.54 Å². The molecule has 23 heavy (non-hydrogen) atoms. The second-order valence-electron chi connectivity index (χ2n) is 5.29. The number of hydrogen-bond donors (Lipinski definition) is 3. The molecule has 4 N–H and O–H groups in total. The van der Waals surface area contributed by atoms with Gasteiger partial charge in [-0.2, -0.15) is 5.10 Å². The van der Waals surface area contributed by atoms with E-state index in [2.05, 4.69) is 22.7 Å². The monoisotopic (exact) mass is 315 g/mol. The Labute approximate surface area is 134 Å². The van der Waals surface area contributed by atoms with Crippen molar-refractivity contribution in [2.75, 3.05) is 5.32 Å². The fraction of sp³-hybridized carbons (Fsp3) is 0.312. The van der Waals surface area contributed by atoms with Crippen LogP contribution < -0.4 is 16.4 Å². The number of nitrogens with two attached hydrogens (primary N) is 1. The van der Waals surface area contributed by atoms with E-state index in [4.69, 9.17) is 5.73 Å². The van der Waals surface area contributed by atoms with E-state index in [0.717, 1.165) is 12.0 Å². The lowest BCUT2D eigenvalue weighted by molar-refractivity contribution is 0.102. The van der Waals surface area contributed by atoms with Crippen molar-refractivity contribution >= 4 is 17.8 Å². The lowest BCUT2D eigenvalue weighted by atomic mass is 10.1. The predicted octanol–water partition coefficient (Wildman–Crippen LogP) is 2.27. The fourth-order valence-electron chi connectivity index (χ4n) is 2.09. The van der Waals surface area contributed by atoms with Crippen LogP contribution in [0.1, 0.15) is 42.2 Å². The van der Waals surface area contributed by atoms with Crippen molar-refractivity contribution in [1.29, 1.82) is 0 Å². The van der Waals surface area contributed by atoms with E-state index in [1.54, 1.807) is 41.2 Å². The van der Waals surface area contributed by atoms with E-state index in [9.17, 15) is 9.59 Å². The first-order valence-electron chi connectivity index (χ1n) is 7.48. The highest BCUT2D eigenvalue weighted by atomic mass is 16.2. The molecule has 7 nitrogen and oxygen atoms in total. The van der Waals surface area contributed by atoms with Crippen molar-refractivity contribution in [2.45, 2.75) is 32.9 Å². The van der Waals surface area contributed by atoms with Gasteiger partial charge >= 0.3 is 6.03 Å². The van der Waals surface area contributed by atoms with Crippen LogP contribution in [0.2, 0.25) is 0 Å². The van der Waals surface area contributed by atoms with Crippen LogP contribution in [0.25, 0.3) is 0 Å². The Morgan fingerprint density at radius 1 is 1.26 bits per heavy atom. The number of carbonyl (C=O) groups excluding carboxylic acids is 2. The van der Waals surface area contributed by atoms with Crippen molar-refractivity contribution in [3.05, 3.63) is 47.7 Å². The summed E-state index contributed by atoms with van der Waals surface area (Å²) < 4.78 is 1.79. The summed E-state index contributed by atoms with van der Waals surface area (Å²) in [6.07, 6.45) is 2.59. The first kappa shape index (κ1) is 16.5. The third-order valence-corrected chi connectivity index (χ3v) is 3.60. The molecule has 0 bridgehead atoms. The minimum atomic E-state index is -0.579. The van der Waals surface area contributed by atoms with Gasteiger partial charge in [0, 0.05) is 18.2 Å². The third-order valence-electron chi connectivity index (χ3n) is 3.60. The van der Waals surface area contributed by atoms with Crippen LogP contribution in [0.5, 0.6) is 0 Å². The average Bonchev–Trinajstić information content (AvgIpc) is 3.00. The molecule has 1 atom stereocenters. The Morgan fingerprint density at radius 3 is 2.57 bits per heavy atom. The van der Waals surface area contributed by atoms with Crippen molar-refractivity contribution in [3.8, 4) is 0 Å². The molecule has 1 heterocycles. The van der Waals surface area contributed by atoms with Gasteiger partial charge in [-0.1, -0.05) is 19.1 Å². The zero-order chi connectivity index (χ0) is 16.8. The number of amides is 3. The number of hydrogen-bond acceptors (Lipinski definition) is 3. The molecule has 0 radical (unpaired) electrons. The summed E-state index contributed by atoms with van der Waals surface area (Å²) in [6.45, 7) is 4.44. The molecule has 3 amide bonds. The molecule has 122 valence electrons. The molecule has 0 aliphatic carbocycles. The van der Waals surface area contributed by atoms with Crippen molar-refractivity contribution < 1.29 is 9.59 Å². The maximum absolute atomic E-state index is 12.3. The van der Waals surface area contributed by atoms with Crippen LogP contribution in [-0.4, -0.2) is 21.7 Å². The Kier molecular flexibility index (Phi) is 5.35. The number of nitrogens with one attached hydrogen (secondary N) is 2. The molecule has 0 fully saturated rings. The lowest BCUT2D eigenvalue weighted by Gasteiger charge is -2.14. The summed E-state index contributed by atoms with van der Waals surface area (Å²) in [5.74, 6) is 0.466. The molecule has 1 aromatic heterocycles. The SMILES string of the molecule is CCC(C)n1nccc1NC(=O)c1ccc(CNC(N)=O)cc1. The Balaban J connectivity index is 2.04. The molecular formula is C16H21N5O2. The van der Waals surface area contributed by atoms with Crippen LogP contribution in [0, 0.1) is 0 Å². The number of aromatic nitrogens is 2. The summed E-state index contributed by atoms with van der Waals surface area (Å²) in [6, 6.07) is 8.37. The summed E-state index contributed by atoms with van der Waals surface area (Å²) in [4.78, 5) is 23.0. The highest BCUT2D eigenvalue weighted by molar-refractivity contribution is 6.03. The van der Waals surface area contributed by atoms with E-state index in [0.29, 0.717) is 17.9 Å². The number of primary amides is 1. The number of nitrogens with zero attached hydrogens (tertiary/aromatic N) is 2. The topological polar surface area (TPSA) is 102 Å². The minimum absolute atomic E-state index is 0.204. The van der Waals surface area contributed by atoms with E-state index in [1.807, 2.05) is 6.92 Å². The zero-order valence-corrected chi connectivity index (χ0v) is 13.2. The van der Waals surface area contributed by atoms with Gasteiger partial charge < -0.3 is 16.4 Å². The minimum Gasteiger partial charge on any atom is -0.352 e. The summed E-state index contributed by atoms with van der Waals surface area (Å²) in [5, 5.41) is 9.60. The van der Waals surface area contributed by atoms with E-state index >= 15 is 0 Å². The maximum atomic E-state index is 12.3. The van der Waals surface area contributed by atoms with Crippen LogP contribution in [0.15, 0.2) is 36.5 Å². The largest absolute Gasteiger partial charge is 0.352 e. The quantitative estimate of drug-likeness (QED) is 0.762.